The Morgan fingerprint density at radius 1 is 1.23 bits per heavy atom. The summed E-state index contributed by atoms with van der Waals surface area (Å²) in [7, 11) is 0. The van der Waals surface area contributed by atoms with E-state index in [9.17, 15) is 9.18 Å². The van der Waals surface area contributed by atoms with Gasteiger partial charge in [0.25, 0.3) is 5.91 Å². The van der Waals surface area contributed by atoms with Crippen molar-refractivity contribution < 1.29 is 13.6 Å². The van der Waals surface area contributed by atoms with Gasteiger partial charge in [0.15, 0.2) is 5.76 Å². The molecule has 1 saturated heterocycles. The van der Waals surface area contributed by atoms with Crippen molar-refractivity contribution in [1.82, 2.24) is 10.6 Å². The molecule has 26 heavy (non-hydrogen) atoms. The van der Waals surface area contributed by atoms with E-state index in [4.69, 9.17) is 4.42 Å². The molecule has 1 aliphatic rings. The summed E-state index contributed by atoms with van der Waals surface area (Å²) in [6, 6.07) is 14.3. The number of para-hydroxylation sites is 1. The van der Waals surface area contributed by atoms with E-state index in [0.717, 1.165) is 30.5 Å². The SMILES string of the molecule is O=C(NC1CCNC1)c1oc2ccccc2c1CSc1ccccc1F. The minimum atomic E-state index is -0.256. The van der Waals surface area contributed by atoms with Crippen molar-refractivity contribution in [2.45, 2.75) is 23.1 Å². The highest BCUT2D eigenvalue weighted by atomic mass is 32.2. The van der Waals surface area contributed by atoms with Gasteiger partial charge in [-0.1, -0.05) is 30.3 Å². The zero-order valence-corrected chi connectivity index (χ0v) is 14.9. The predicted molar refractivity (Wildman–Crippen MR) is 101 cm³/mol. The van der Waals surface area contributed by atoms with Crippen molar-refractivity contribution in [1.29, 1.82) is 0 Å². The maximum absolute atomic E-state index is 13.9. The fourth-order valence-electron chi connectivity index (χ4n) is 3.17. The Hall–Kier alpha value is -2.31. The van der Waals surface area contributed by atoms with Crippen LogP contribution in [0.2, 0.25) is 0 Å². The van der Waals surface area contributed by atoms with Crippen LogP contribution >= 0.6 is 11.8 Å². The summed E-state index contributed by atoms with van der Waals surface area (Å²) in [5.41, 5.74) is 1.48. The summed E-state index contributed by atoms with van der Waals surface area (Å²) in [4.78, 5) is 13.3. The third-order valence-electron chi connectivity index (χ3n) is 4.51. The summed E-state index contributed by atoms with van der Waals surface area (Å²) in [5.74, 6) is 0.318. The molecule has 1 amide bonds. The number of carbonyl (C=O) groups excluding carboxylic acids is 1. The van der Waals surface area contributed by atoms with Gasteiger partial charge in [-0.25, -0.2) is 4.39 Å². The van der Waals surface area contributed by atoms with Gasteiger partial charge in [-0.05, 0) is 31.2 Å². The average Bonchev–Trinajstić information content (AvgIpc) is 3.28. The van der Waals surface area contributed by atoms with Gasteiger partial charge in [0.05, 0.1) is 0 Å². The quantitative estimate of drug-likeness (QED) is 0.668. The molecule has 1 unspecified atom stereocenters. The maximum Gasteiger partial charge on any atom is 0.287 e. The molecule has 6 heteroatoms. The van der Waals surface area contributed by atoms with Crippen LogP contribution in [0, 0.1) is 5.82 Å². The van der Waals surface area contributed by atoms with E-state index < -0.39 is 0 Å². The van der Waals surface area contributed by atoms with Crippen LogP contribution in [0.1, 0.15) is 22.5 Å². The second-order valence-electron chi connectivity index (χ2n) is 6.29. The first-order valence-corrected chi connectivity index (χ1v) is 9.60. The molecule has 4 nitrogen and oxygen atoms in total. The molecule has 2 aromatic carbocycles. The van der Waals surface area contributed by atoms with Crippen LogP contribution < -0.4 is 10.6 Å². The number of rotatable bonds is 5. The lowest BCUT2D eigenvalue weighted by Crippen LogP contribution is -2.36. The topological polar surface area (TPSA) is 54.3 Å². The third kappa shape index (κ3) is 3.48. The molecule has 0 bridgehead atoms. The molecule has 2 heterocycles. The van der Waals surface area contributed by atoms with Crippen molar-refractivity contribution >= 4 is 28.6 Å². The number of hydrogen-bond acceptors (Lipinski definition) is 4. The van der Waals surface area contributed by atoms with Crippen LogP contribution in [0.25, 0.3) is 11.0 Å². The molecule has 0 saturated carbocycles. The summed E-state index contributed by atoms with van der Waals surface area (Å²) in [5, 5.41) is 7.15. The first-order valence-electron chi connectivity index (χ1n) is 8.61. The Morgan fingerprint density at radius 2 is 2.04 bits per heavy atom. The Balaban J connectivity index is 1.63. The molecule has 3 aromatic rings. The van der Waals surface area contributed by atoms with Gasteiger partial charge >= 0.3 is 0 Å². The highest BCUT2D eigenvalue weighted by Gasteiger charge is 2.24. The molecule has 134 valence electrons. The van der Waals surface area contributed by atoms with Gasteiger partial charge in [-0.3, -0.25) is 4.79 Å². The number of nitrogens with one attached hydrogen (secondary N) is 2. The summed E-state index contributed by atoms with van der Waals surface area (Å²) >= 11 is 1.37. The van der Waals surface area contributed by atoms with Gasteiger partial charge in [-0.15, -0.1) is 11.8 Å². The minimum Gasteiger partial charge on any atom is -0.451 e. The summed E-state index contributed by atoms with van der Waals surface area (Å²) in [6.07, 6.45) is 0.908. The van der Waals surface area contributed by atoms with Crippen molar-refractivity contribution in [3.05, 3.63) is 65.7 Å². The predicted octanol–water partition coefficient (Wildman–Crippen LogP) is 3.96. The first-order chi connectivity index (χ1) is 12.7. The van der Waals surface area contributed by atoms with E-state index in [0.29, 0.717) is 22.0 Å². The standard InChI is InChI=1S/C20H19FN2O2S/c21-16-6-2-4-8-18(16)26-12-15-14-5-1-3-7-17(14)25-19(15)20(24)23-13-9-10-22-11-13/h1-8,13,22H,9-12H2,(H,23,24). The first kappa shape index (κ1) is 17.1. The highest BCUT2D eigenvalue weighted by Crippen LogP contribution is 2.33. The molecule has 1 atom stereocenters. The van der Waals surface area contributed by atoms with Gasteiger partial charge in [-0.2, -0.15) is 0 Å². The van der Waals surface area contributed by atoms with E-state index in [1.807, 2.05) is 24.3 Å². The van der Waals surface area contributed by atoms with E-state index in [2.05, 4.69) is 10.6 Å². The molecule has 1 aromatic heterocycles. The second kappa shape index (κ2) is 7.51. The number of benzene rings is 2. The number of hydrogen-bond donors (Lipinski definition) is 2. The van der Waals surface area contributed by atoms with Crippen LogP contribution in [-0.4, -0.2) is 25.0 Å². The van der Waals surface area contributed by atoms with Crippen LogP contribution in [0.5, 0.6) is 0 Å². The number of fused-ring (bicyclic) bond motifs is 1. The zero-order chi connectivity index (χ0) is 17.9. The number of halogens is 1. The van der Waals surface area contributed by atoms with Gasteiger partial charge < -0.3 is 15.1 Å². The third-order valence-corrected chi connectivity index (χ3v) is 5.58. The number of amides is 1. The van der Waals surface area contributed by atoms with Crippen molar-refractivity contribution in [2.24, 2.45) is 0 Å². The lowest BCUT2D eigenvalue weighted by molar-refractivity contribution is 0.0913. The smallest absolute Gasteiger partial charge is 0.287 e. The van der Waals surface area contributed by atoms with E-state index in [1.54, 1.807) is 18.2 Å². The maximum atomic E-state index is 13.9. The molecule has 4 rings (SSSR count). The van der Waals surface area contributed by atoms with Crippen LogP contribution in [0.3, 0.4) is 0 Å². The Bertz CT molecular complexity index is 934. The van der Waals surface area contributed by atoms with Gasteiger partial charge in [0.2, 0.25) is 0 Å². The minimum absolute atomic E-state index is 0.114. The van der Waals surface area contributed by atoms with Gasteiger partial charge in [0, 0.05) is 34.2 Å². The highest BCUT2D eigenvalue weighted by molar-refractivity contribution is 7.98. The molecule has 0 spiro atoms. The molecule has 2 N–H and O–H groups in total. The monoisotopic (exact) mass is 370 g/mol. The summed E-state index contributed by atoms with van der Waals surface area (Å²) < 4.78 is 19.8. The fraction of sp³-hybridized carbons (Fsp3) is 0.250. The van der Waals surface area contributed by atoms with Crippen LogP contribution in [0.15, 0.2) is 57.8 Å². The largest absolute Gasteiger partial charge is 0.451 e. The average molecular weight is 370 g/mol. The molecule has 0 radical (unpaired) electrons. The van der Waals surface area contributed by atoms with Crippen molar-refractivity contribution in [3.8, 4) is 0 Å². The molecule has 1 aliphatic heterocycles. The number of thioether (sulfide) groups is 1. The Kier molecular flexibility index (Phi) is 4.95. The molecular formula is C20H19FN2O2S. The summed E-state index contributed by atoms with van der Waals surface area (Å²) in [6.45, 7) is 1.67. The lowest BCUT2D eigenvalue weighted by Gasteiger charge is -2.11. The fourth-order valence-corrected chi connectivity index (χ4v) is 4.13. The zero-order valence-electron chi connectivity index (χ0n) is 14.1. The number of furan rings is 1. The molecule has 1 fully saturated rings. The number of carbonyl (C=O) groups is 1. The molecule has 0 aliphatic carbocycles. The Morgan fingerprint density at radius 3 is 2.85 bits per heavy atom. The van der Waals surface area contributed by atoms with E-state index in [1.165, 1.54) is 17.8 Å². The normalized spacial score (nSPS) is 16.9. The molecular weight excluding hydrogens is 351 g/mol. The van der Waals surface area contributed by atoms with Crippen molar-refractivity contribution in [2.75, 3.05) is 13.1 Å². The van der Waals surface area contributed by atoms with Gasteiger partial charge in [0.1, 0.15) is 11.4 Å². The Labute approximate surface area is 155 Å². The lowest BCUT2D eigenvalue weighted by atomic mass is 10.1. The van der Waals surface area contributed by atoms with E-state index >= 15 is 0 Å². The second-order valence-corrected chi connectivity index (χ2v) is 7.31. The van der Waals surface area contributed by atoms with Crippen LogP contribution in [-0.2, 0) is 5.75 Å². The van der Waals surface area contributed by atoms with Crippen LogP contribution in [0.4, 0.5) is 4.39 Å². The van der Waals surface area contributed by atoms with Crippen molar-refractivity contribution in [3.63, 3.8) is 0 Å². The van der Waals surface area contributed by atoms with E-state index in [-0.39, 0.29) is 17.8 Å².